The lowest BCUT2D eigenvalue weighted by Crippen LogP contribution is -1.99. The lowest BCUT2D eigenvalue weighted by Gasteiger charge is -2.17. The topological polar surface area (TPSA) is 45.4 Å². The summed E-state index contributed by atoms with van der Waals surface area (Å²) in [6, 6.07) is 0. The molecule has 1 aliphatic heterocycles. The van der Waals surface area contributed by atoms with E-state index >= 15 is 0 Å². The van der Waals surface area contributed by atoms with Crippen LogP contribution in [0.25, 0.3) is 6.08 Å². The maximum Gasteiger partial charge on any atom is 0.127 e. The Kier molecular flexibility index (Phi) is 1.40. The van der Waals surface area contributed by atoms with E-state index in [1.165, 1.54) is 0 Å². The van der Waals surface area contributed by atoms with E-state index < -0.39 is 0 Å². The van der Waals surface area contributed by atoms with Crippen LogP contribution in [-0.4, -0.2) is 0 Å². The molecule has 3 heteroatoms. The molecule has 0 spiro atoms. The van der Waals surface area contributed by atoms with Gasteiger partial charge in [0.1, 0.15) is 6.10 Å². The molecule has 3 nitrogen and oxygen atoms in total. The minimum atomic E-state index is -0.262. The van der Waals surface area contributed by atoms with Gasteiger partial charge in [-0.1, -0.05) is 0 Å². The van der Waals surface area contributed by atoms with Crippen LogP contribution in [0.5, 0.6) is 5.95 Å². The van der Waals surface area contributed by atoms with E-state index in [0.717, 1.165) is 5.56 Å². The van der Waals surface area contributed by atoms with Crippen LogP contribution in [0.3, 0.4) is 0 Å². The average Bonchev–Trinajstić information content (AvgIpc) is 2.32. The third-order valence-corrected chi connectivity index (χ3v) is 2.06. The van der Waals surface area contributed by atoms with Crippen LogP contribution in [0.1, 0.15) is 29.9 Å². The zero-order valence-electron chi connectivity index (χ0n) is 6.96. The number of furan rings is 1. The third kappa shape index (κ3) is 0.826. The lowest BCUT2D eigenvalue weighted by molar-refractivity contribution is -0.295. The SMILES string of the molecule is Cc1c([O-])oc2c1C=COC2C. The highest BCUT2D eigenvalue weighted by Crippen LogP contribution is 2.35. The summed E-state index contributed by atoms with van der Waals surface area (Å²) < 4.78 is 10.2. The van der Waals surface area contributed by atoms with Crippen molar-refractivity contribution in [3.63, 3.8) is 0 Å². The molecule has 0 radical (unpaired) electrons. The summed E-state index contributed by atoms with van der Waals surface area (Å²) in [6.45, 7) is 3.61. The second-order valence-electron chi connectivity index (χ2n) is 2.87. The van der Waals surface area contributed by atoms with Crippen LogP contribution in [0, 0.1) is 6.92 Å². The predicted octanol–water partition coefficient (Wildman–Crippen LogP) is 1.72. The highest BCUT2D eigenvalue weighted by Gasteiger charge is 2.16. The van der Waals surface area contributed by atoms with Crippen molar-refractivity contribution in [1.29, 1.82) is 0 Å². The van der Waals surface area contributed by atoms with E-state index in [9.17, 15) is 5.11 Å². The molecule has 1 atom stereocenters. The zero-order chi connectivity index (χ0) is 8.72. The van der Waals surface area contributed by atoms with Crippen molar-refractivity contribution in [1.82, 2.24) is 0 Å². The van der Waals surface area contributed by atoms with Gasteiger partial charge in [-0.25, -0.2) is 0 Å². The summed E-state index contributed by atoms with van der Waals surface area (Å²) in [5.41, 5.74) is 1.54. The molecule has 2 rings (SSSR count). The van der Waals surface area contributed by atoms with Gasteiger partial charge in [0.2, 0.25) is 0 Å². The molecule has 0 fully saturated rings. The van der Waals surface area contributed by atoms with Gasteiger partial charge in [0, 0.05) is 5.76 Å². The van der Waals surface area contributed by atoms with E-state index in [0.29, 0.717) is 11.3 Å². The maximum absolute atomic E-state index is 11.1. The van der Waals surface area contributed by atoms with Gasteiger partial charge in [-0.2, -0.15) is 0 Å². The largest absolute Gasteiger partial charge is 0.579 e. The number of ether oxygens (including phenoxy) is 1. The van der Waals surface area contributed by atoms with Crippen LogP contribution in [0.15, 0.2) is 10.7 Å². The second-order valence-corrected chi connectivity index (χ2v) is 2.87. The highest BCUT2D eigenvalue weighted by molar-refractivity contribution is 5.59. The van der Waals surface area contributed by atoms with E-state index in [-0.39, 0.29) is 12.1 Å². The van der Waals surface area contributed by atoms with Crippen molar-refractivity contribution >= 4 is 6.08 Å². The van der Waals surface area contributed by atoms with E-state index in [4.69, 9.17) is 9.15 Å². The Bertz CT molecular complexity index is 336. The van der Waals surface area contributed by atoms with Gasteiger partial charge < -0.3 is 14.3 Å². The summed E-state index contributed by atoms with van der Waals surface area (Å²) in [4.78, 5) is 0. The molecule has 0 saturated heterocycles. The van der Waals surface area contributed by atoms with Gasteiger partial charge in [-0.05, 0) is 31.1 Å². The number of hydrogen-bond acceptors (Lipinski definition) is 3. The van der Waals surface area contributed by atoms with Crippen molar-refractivity contribution in [2.45, 2.75) is 20.0 Å². The molecule has 1 aliphatic rings. The third-order valence-electron chi connectivity index (χ3n) is 2.06. The first-order valence-electron chi connectivity index (χ1n) is 3.82. The molecule has 0 saturated carbocycles. The summed E-state index contributed by atoms with van der Waals surface area (Å²) in [7, 11) is 0. The Morgan fingerprint density at radius 3 is 2.92 bits per heavy atom. The van der Waals surface area contributed by atoms with E-state index in [1.54, 1.807) is 19.3 Å². The zero-order valence-corrected chi connectivity index (χ0v) is 6.96. The standard InChI is InChI=1S/C9H10O3/c1-5-7-3-4-11-6(2)8(7)12-9(5)10/h3-4,6,10H,1-2H3/p-1. The second kappa shape index (κ2) is 2.30. The lowest BCUT2D eigenvalue weighted by atomic mass is 10.1. The van der Waals surface area contributed by atoms with Crippen molar-refractivity contribution < 1.29 is 14.3 Å². The Hall–Kier alpha value is -1.38. The summed E-state index contributed by atoms with van der Waals surface area (Å²) >= 11 is 0. The fourth-order valence-corrected chi connectivity index (χ4v) is 1.32. The minimum absolute atomic E-state index is 0.147. The maximum atomic E-state index is 11.1. The Morgan fingerprint density at radius 2 is 2.25 bits per heavy atom. The van der Waals surface area contributed by atoms with Gasteiger partial charge in [-0.15, -0.1) is 0 Å². The quantitative estimate of drug-likeness (QED) is 0.588. The first kappa shape index (κ1) is 7.28. The van der Waals surface area contributed by atoms with Gasteiger partial charge in [0.15, 0.2) is 0 Å². The normalized spacial score (nSPS) is 20.3. The first-order valence-corrected chi connectivity index (χ1v) is 3.82. The fourth-order valence-electron chi connectivity index (χ4n) is 1.32. The number of rotatable bonds is 0. The van der Waals surface area contributed by atoms with E-state index in [1.807, 2.05) is 6.92 Å². The molecular formula is C9H9O3-. The average molecular weight is 165 g/mol. The molecule has 0 aliphatic carbocycles. The van der Waals surface area contributed by atoms with Crippen molar-refractivity contribution in [2.75, 3.05) is 0 Å². The van der Waals surface area contributed by atoms with Crippen molar-refractivity contribution in [3.05, 3.63) is 23.1 Å². The molecule has 64 valence electrons. The van der Waals surface area contributed by atoms with Crippen molar-refractivity contribution in [2.24, 2.45) is 0 Å². The molecular weight excluding hydrogens is 156 g/mol. The van der Waals surface area contributed by atoms with Crippen LogP contribution < -0.4 is 5.11 Å². The molecule has 1 aromatic rings. The Labute approximate surface area is 70.3 Å². The van der Waals surface area contributed by atoms with Gasteiger partial charge in [0.05, 0.1) is 12.2 Å². The number of fused-ring (bicyclic) bond motifs is 1. The molecule has 1 aromatic heterocycles. The van der Waals surface area contributed by atoms with Crippen LogP contribution in [0.2, 0.25) is 0 Å². The summed E-state index contributed by atoms with van der Waals surface area (Å²) in [6.07, 6.45) is 3.20. The smallest absolute Gasteiger partial charge is 0.127 e. The minimum Gasteiger partial charge on any atom is -0.579 e. The van der Waals surface area contributed by atoms with Crippen LogP contribution >= 0.6 is 0 Å². The van der Waals surface area contributed by atoms with E-state index in [2.05, 4.69) is 0 Å². The molecule has 2 heterocycles. The molecule has 1 unspecified atom stereocenters. The van der Waals surface area contributed by atoms with Crippen LogP contribution in [0.4, 0.5) is 0 Å². The van der Waals surface area contributed by atoms with Gasteiger partial charge in [0.25, 0.3) is 0 Å². The molecule has 0 aromatic carbocycles. The van der Waals surface area contributed by atoms with Crippen molar-refractivity contribution in [3.8, 4) is 5.95 Å². The monoisotopic (exact) mass is 165 g/mol. The molecule has 12 heavy (non-hydrogen) atoms. The number of hydrogen-bond donors (Lipinski definition) is 0. The Balaban J connectivity index is 2.62. The summed E-state index contributed by atoms with van der Waals surface area (Å²) in [5, 5.41) is 11.1. The van der Waals surface area contributed by atoms with Gasteiger partial charge >= 0.3 is 0 Å². The molecule has 0 amide bonds. The molecule has 0 bridgehead atoms. The summed E-state index contributed by atoms with van der Waals surface area (Å²) in [5.74, 6) is 0.377. The highest BCUT2D eigenvalue weighted by atomic mass is 16.5. The van der Waals surface area contributed by atoms with Crippen LogP contribution in [-0.2, 0) is 4.74 Å². The molecule has 0 N–H and O–H groups in total. The van der Waals surface area contributed by atoms with Gasteiger partial charge in [-0.3, -0.25) is 0 Å². The Morgan fingerprint density at radius 1 is 1.50 bits per heavy atom. The predicted molar refractivity (Wildman–Crippen MR) is 41.4 cm³/mol. The first-order chi connectivity index (χ1) is 5.70. The fraction of sp³-hybridized carbons (Fsp3) is 0.333.